The van der Waals surface area contributed by atoms with Crippen LogP contribution in [0.25, 0.3) is 6.08 Å². The van der Waals surface area contributed by atoms with Gasteiger partial charge in [0.2, 0.25) is 11.8 Å². The van der Waals surface area contributed by atoms with Gasteiger partial charge in [-0.2, -0.15) is 0 Å². The van der Waals surface area contributed by atoms with E-state index in [1.165, 1.54) is 30.5 Å². The lowest BCUT2D eigenvalue weighted by molar-refractivity contribution is -0.117. The number of carbonyl (C=O) groups excluding carboxylic acids is 2. The van der Waals surface area contributed by atoms with E-state index in [0.29, 0.717) is 30.0 Å². The molecule has 1 saturated heterocycles. The van der Waals surface area contributed by atoms with Gasteiger partial charge >= 0.3 is 0 Å². The molecule has 1 aliphatic rings. The van der Waals surface area contributed by atoms with Gasteiger partial charge in [0.25, 0.3) is 0 Å². The van der Waals surface area contributed by atoms with Crippen molar-refractivity contribution in [1.29, 1.82) is 0 Å². The van der Waals surface area contributed by atoms with Gasteiger partial charge in [-0.3, -0.25) is 14.6 Å². The third kappa shape index (κ3) is 5.14. The van der Waals surface area contributed by atoms with Crippen LogP contribution in [0.1, 0.15) is 18.4 Å². The number of carbonyl (C=O) groups is 2. The molecule has 0 unspecified atom stereocenters. The predicted octanol–water partition coefficient (Wildman–Crippen LogP) is 4.79. The third-order valence-electron chi connectivity index (χ3n) is 4.74. The summed E-state index contributed by atoms with van der Waals surface area (Å²) in [6.07, 6.45) is 7.31. The van der Waals surface area contributed by atoms with Gasteiger partial charge in [0, 0.05) is 36.6 Å². The predicted molar refractivity (Wildman–Crippen MR) is 116 cm³/mol. The molecule has 0 aliphatic carbocycles. The molecular weight excluding hydrogens is 397 g/mol. The lowest BCUT2D eigenvalue weighted by atomic mass is 10.2. The Hall–Kier alpha value is -4.00. The van der Waals surface area contributed by atoms with Crippen molar-refractivity contribution in [2.45, 2.75) is 12.8 Å². The number of ether oxygens (including phenoxy) is 1. The van der Waals surface area contributed by atoms with Crippen LogP contribution in [0.4, 0.5) is 15.8 Å². The van der Waals surface area contributed by atoms with Gasteiger partial charge in [0.15, 0.2) is 11.6 Å². The standard InChI is InChI=1S/C24H20FN3O3/c25-21-14-17(8-10-22(21)31-20-6-2-12-26-16-20)9-11-23(29)27-18-4-1-5-19(15-18)28-13-3-7-24(28)30/h1-2,4-6,8-12,14-16H,3,7,13H2,(H,27,29)/b11-9+. The summed E-state index contributed by atoms with van der Waals surface area (Å²) in [5, 5.41) is 2.76. The molecule has 3 aromatic rings. The first-order valence-corrected chi connectivity index (χ1v) is 9.85. The van der Waals surface area contributed by atoms with Crippen LogP contribution in [-0.2, 0) is 9.59 Å². The van der Waals surface area contributed by atoms with E-state index >= 15 is 0 Å². The maximum atomic E-state index is 14.3. The zero-order valence-corrected chi connectivity index (χ0v) is 16.6. The van der Waals surface area contributed by atoms with Crippen molar-refractivity contribution in [3.05, 3.63) is 84.4 Å². The Morgan fingerprint density at radius 3 is 2.81 bits per heavy atom. The van der Waals surface area contributed by atoms with Gasteiger partial charge in [-0.25, -0.2) is 4.39 Å². The van der Waals surface area contributed by atoms with E-state index in [0.717, 1.165) is 12.1 Å². The van der Waals surface area contributed by atoms with Gasteiger partial charge < -0.3 is 15.0 Å². The minimum atomic E-state index is -0.547. The van der Waals surface area contributed by atoms with E-state index in [1.807, 2.05) is 6.07 Å². The van der Waals surface area contributed by atoms with Crippen LogP contribution in [0.2, 0.25) is 0 Å². The molecule has 2 aromatic carbocycles. The molecule has 0 bridgehead atoms. The molecular formula is C24H20FN3O3. The largest absolute Gasteiger partial charge is 0.453 e. The summed E-state index contributed by atoms with van der Waals surface area (Å²) in [6, 6.07) is 15.0. The number of benzene rings is 2. The first-order chi connectivity index (χ1) is 15.1. The fourth-order valence-electron chi connectivity index (χ4n) is 3.27. The molecule has 156 valence electrons. The Labute approximate surface area is 179 Å². The van der Waals surface area contributed by atoms with Crippen LogP contribution >= 0.6 is 0 Å². The number of nitrogens with zero attached hydrogens (tertiary/aromatic N) is 2. The van der Waals surface area contributed by atoms with E-state index in [2.05, 4.69) is 10.3 Å². The second-order valence-electron chi connectivity index (χ2n) is 7.00. The van der Waals surface area contributed by atoms with Crippen LogP contribution in [0.3, 0.4) is 0 Å². The monoisotopic (exact) mass is 417 g/mol. The Kier molecular flexibility index (Phi) is 6.03. The molecule has 31 heavy (non-hydrogen) atoms. The fraction of sp³-hybridized carbons (Fsp3) is 0.125. The Morgan fingerprint density at radius 2 is 2.06 bits per heavy atom. The minimum absolute atomic E-state index is 0.0721. The first kappa shape index (κ1) is 20.3. The fourth-order valence-corrected chi connectivity index (χ4v) is 3.27. The summed E-state index contributed by atoms with van der Waals surface area (Å²) in [6.45, 7) is 0.683. The smallest absolute Gasteiger partial charge is 0.248 e. The quantitative estimate of drug-likeness (QED) is 0.586. The van der Waals surface area contributed by atoms with Crippen LogP contribution in [0.5, 0.6) is 11.5 Å². The maximum Gasteiger partial charge on any atom is 0.248 e. The number of rotatable bonds is 6. The van der Waals surface area contributed by atoms with Crippen LogP contribution in [0, 0.1) is 5.82 Å². The highest BCUT2D eigenvalue weighted by Crippen LogP contribution is 2.26. The number of hydrogen-bond acceptors (Lipinski definition) is 4. The van der Waals surface area contributed by atoms with Crippen molar-refractivity contribution < 1.29 is 18.7 Å². The number of aromatic nitrogens is 1. The molecule has 0 saturated carbocycles. The van der Waals surface area contributed by atoms with Crippen molar-refractivity contribution in [3.8, 4) is 11.5 Å². The maximum absolute atomic E-state index is 14.3. The van der Waals surface area contributed by atoms with Crippen molar-refractivity contribution in [2.75, 3.05) is 16.8 Å². The van der Waals surface area contributed by atoms with Crippen molar-refractivity contribution in [2.24, 2.45) is 0 Å². The van der Waals surface area contributed by atoms with E-state index in [4.69, 9.17) is 4.74 Å². The van der Waals surface area contributed by atoms with E-state index < -0.39 is 5.82 Å². The van der Waals surface area contributed by atoms with E-state index in [1.54, 1.807) is 47.5 Å². The second kappa shape index (κ2) is 9.21. The summed E-state index contributed by atoms with van der Waals surface area (Å²) in [7, 11) is 0. The topological polar surface area (TPSA) is 71.5 Å². The summed E-state index contributed by atoms with van der Waals surface area (Å²) < 4.78 is 19.8. The number of amides is 2. The lowest BCUT2D eigenvalue weighted by Gasteiger charge is -2.16. The van der Waals surface area contributed by atoms with Crippen molar-refractivity contribution in [1.82, 2.24) is 4.98 Å². The summed E-state index contributed by atoms with van der Waals surface area (Å²) in [5.41, 5.74) is 1.86. The second-order valence-corrected chi connectivity index (χ2v) is 7.00. The van der Waals surface area contributed by atoms with Crippen LogP contribution in [0.15, 0.2) is 73.1 Å². The molecule has 7 heteroatoms. The van der Waals surface area contributed by atoms with Crippen molar-refractivity contribution in [3.63, 3.8) is 0 Å². The third-order valence-corrected chi connectivity index (χ3v) is 4.74. The molecule has 1 aromatic heterocycles. The van der Waals surface area contributed by atoms with Gasteiger partial charge in [-0.15, -0.1) is 0 Å². The molecule has 1 aliphatic heterocycles. The highest BCUT2D eigenvalue weighted by atomic mass is 19.1. The molecule has 6 nitrogen and oxygen atoms in total. The Bertz CT molecular complexity index is 1130. The van der Waals surface area contributed by atoms with Gasteiger partial charge in [-0.1, -0.05) is 12.1 Å². The van der Waals surface area contributed by atoms with Crippen molar-refractivity contribution >= 4 is 29.3 Å². The first-order valence-electron chi connectivity index (χ1n) is 9.85. The number of pyridine rings is 1. The number of nitrogens with one attached hydrogen (secondary N) is 1. The van der Waals surface area contributed by atoms with Crippen LogP contribution < -0.4 is 15.0 Å². The van der Waals surface area contributed by atoms with Gasteiger partial charge in [0.1, 0.15) is 5.75 Å². The highest BCUT2D eigenvalue weighted by Gasteiger charge is 2.21. The summed E-state index contributed by atoms with van der Waals surface area (Å²) in [4.78, 5) is 29.8. The Morgan fingerprint density at radius 1 is 1.16 bits per heavy atom. The molecule has 0 radical (unpaired) electrons. The number of halogens is 1. The number of anilines is 2. The molecule has 4 rings (SSSR count). The molecule has 2 heterocycles. The normalized spacial score (nSPS) is 13.6. The molecule has 1 fully saturated rings. The minimum Gasteiger partial charge on any atom is -0.453 e. The average molecular weight is 417 g/mol. The van der Waals surface area contributed by atoms with Gasteiger partial charge in [-0.05, 0) is 60.5 Å². The number of hydrogen-bond donors (Lipinski definition) is 1. The average Bonchev–Trinajstić information content (AvgIpc) is 3.21. The molecule has 2 amide bonds. The molecule has 0 atom stereocenters. The summed E-state index contributed by atoms with van der Waals surface area (Å²) >= 11 is 0. The molecule has 1 N–H and O–H groups in total. The summed E-state index contributed by atoms with van der Waals surface area (Å²) in [5.74, 6) is -0.318. The van der Waals surface area contributed by atoms with E-state index in [-0.39, 0.29) is 17.6 Å². The van der Waals surface area contributed by atoms with Gasteiger partial charge in [0.05, 0.1) is 6.20 Å². The van der Waals surface area contributed by atoms with E-state index in [9.17, 15) is 14.0 Å². The zero-order valence-electron chi connectivity index (χ0n) is 16.6. The SMILES string of the molecule is O=C(/C=C/c1ccc(Oc2cccnc2)c(F)c1)Nc1cccc(N2CCCC2=O)c1. The molecule has 0 spiro atoms. The van der Waals surface area contributed by atoms with Crippen LogP contribution in [-0.4, -0.2) is 23.3 Å². The lowest BCUT2D eigenvalue weighted by Crippen LogP contribution is -2.23. The Balaban J connectivity index is 1.39. The zero-order chi connectivity index (χ0) is 21.6. The highest BCUT2D eigenvalue weighted by molar-refractivity contribution is 6.02.